The third kappa shape index (κ3) is 4.40. The van der Waals surface area contributed by atoms with Gasteiger partial charge in [0.1, 0.15) is 19.3 Å². The second-order valence-corrected chi connectivity index (χ2v) is 9.46. The SMILES string of the molecule is CSCCC(C(=O)NC(C)c1ccc2c(c1)OCCO2)N1C(=O)C2CCCCC2C1=O. The maximum atomic E-state index is 13.3. The van der Waals surface area contributed by atoms with Gasteiger partial charge in [-0.3, -0.25) is 19.3 Å². The van der Waals surface area contributed by atoms with Crippen LogP contribution < -0.4 is 14.8 Å². The quantitative estimate of drug-likeness (QED) is 0.649. The lowest BCUT2D eigenvalue weighted by Crippen LogP contribution is -2.50. The number of fused-ring (bicyclic) bond motifs is 2. The predicted octanol–water partition coefficient (Wildman–Crippen LogP) is 2.93. The van der Waals surface area contributed by atoms with Crippen LogP contribution in [0.25, 0.3) is 0 Å². The molecule has 1 N–H and O–H groups in total. The molecule has 7 nitrogen and oxygen atoms in total. The van der Waals surface area contributed by atoms with Crippen LogP contribution in [0, 0.1) is 11.8 Å². The van der Waals surface area contributed by atoms with Crippen molar-refractivity contribution in [3.63, 3.8) is 0 Å². The Morgan fingerprint density at radius 3 is 2.42 bits per heavy atom. The summed E-state index contributed by atoms with van der Waals surface area (Å²) < 4.78 is 11.2. The number of hydrogen-bond acceptors (Lipinski definition) is 6. The van der Waals surface area contributed by atoms with Gasteiger partial charge in [-0.25, -0.2) is 0 Å². The van der Waals surface area contributed by atoms with Crippen LogP contribution in [0.1, 0.15) is 50.6 Å². The topological polar surface area (TPSA) is 84.9 Å². The standard InChI is InChI=1S/C23H30N2O5S/c1-14(15-7-8-19-20(13-15)30-11-10-29-19)24-21(26)18(9-12-31-2)25-22(27)16-5-3-4-6-17(16)23(25)28/h7-8,13-14,16-18H,3-6,9-12H2,1-2H3,(H,24,26). The Kier molecular flexibility index (Phi) is 6.74. The van der Waals surface area contributed by atoms with Gasteiger partial charge >= 0.3 is 0 Å². The van der Waals surface area contributed by atoms with Crippen LogP contribution >= 0.6 is 11.8 Å². The number of likely N-dealkylation sites (tertiary alicyclic amines) is 1. The molecule has 2 heterocycles. The zero-order valence-electron chi connectivity index (χ0n) is 18.1. The highest BCUT2D eigenvalue weighted by Crippen LogP contribution is 2.39. The first-order valence-corrected chi connectivity index (χ1v) is 12.5. The minimum absolute atomic E-state index is 0.164. The molecule has 0 spiro atoms. The van der Waals surface area contributed by atoms with E-state index in [0.29, 0.717) is 36.9 Å². The lowest BCUT2D eigenvalue weighted by molar-refractivity contribution is -0.148. The highest BCUT2D eigenvalue weighted by Gasteiger charge is 2.51. The molecule has 8 heteroatoms. The summed E-state index contributed by atoms with van der Waals surface area (Å²) in [5.41, 5.74) is 0.883. The number of rotatable bonds is 7. The number of benzene rings is 1. The van der Waals surface area contributed by atoms with Crippen molar-refractivity contribution < 1.29 is 23.9 Å². The summed E-state index contributed by atoms with van der Waals surface area (Å²) in [6.45, 7) is 2.91. The average molecular weight is 447 g/mol. The van der Waals surface area contributed by atoms with E-state index in [1.54, 1.807) is 11.8 Å². The number of thioether (sulfide) groups is 1. The molecule has 4 rings (SSSR count). The number of nitrogens with one attached hydrogen (secondary N) is 1. The molecule has 2 aliphatic heterocycles. The molecule has 0 aromatic heterocycles. The Morgan fingerprint density at radius 1 is 1.13 bits per heavy atom. The Labute approximate surface area is 187 Å². The van der Waals surface area contributed by atoms with Crippen LogP contribution in [-0.4, -0.2) is 53.9 Å². The van der Waals surface area contributed by atoms with Gasteiger partial charge in [-0.2, -0.15) is 11.8 Å². The molecule has 31 heavy (non-hydrogen) atoms. The Morgan fingerprint density at radius 2 is 1.77 bits per heavy atom. The average Bonchev–Trinajstić information content (AvgIpc) is 3.04. The largest absolute Gasteiger partial charge is 0.486 e. The number of carbonyl (C=O) groups is 3. The maximum Gasteiger partial charge on any atom is 0.243 e. The fourth-order valence-electron chi connectivity index (χ4n) is 4.82. The van der Waals surface area contributed by atoms with Crippen LogP contribution in [0.4, 0.5) is 0 Å². The van der Waals surface area contributed by atoms with Gasteiger partial charge in [0.25, 0.3) is 0 Å². The van der Waals surface area contributed by atoms with E-state index in [1.807, 2.05) is 31.4 Å². The molecule has 3 aliphatic rings. The van der Waals surface area contributed by atoms with E-state index in [4.69, 9.17) is 9.47 Å². The summed E-state index contributed by atoms with van der Waals surface area (Å²) in [6, 6.07) is 4.55. The van der Waals surface area contributed by atoms with Gasteiger partial charge in [-0.05, 0) is 55.9 Å². The van der Waals surface area contributed by atoms with Crippen molar-refractivity contribution in [2.45, 2.75) is 51.1 Å². The van der Waals surface area contributed by atoms with Crippen LogP contribution in [0.3, 0.4) is 0 Å². The van der Waals surface area contributed by atoms with Gasteiger partial charge in [-0.15, -0.1) is 0 Å². The van der Waals surface area contributed by atoms with Crippen molar-refractivity contribution in [2.24, 2.45) is 11.8 Å². The van der Waals surface area contributed by atoms with Gasteiger partial charge in [0.05, 0.1) is 17.9 Å². The highest BCUT2D eigenvalue weighted by molar-refractivity contribution is 7.98. The number of carbonyl (C=O) groups excluding carboxylic acids is 3. The molecule has 4 atom stereocenters. The summed E-state index contributed by atoms with van der Waals surface area (Å²) in [4.78, 5) is 40.7. The van der Waals surface area contributed by atoms with E-state index >= 15 is 0 Å². The monoisotopic (exact) mass is 446 g/mol. The maximum absolute atomic E-state index is 13.3. The summed E-state index contributed by atoms with van der Waals surface area (Å²) in [6.07, 6.45) is 5.85. The van der Waals surface area contributed by atoms with Gasteiger partial charge in [-0.1, -0.05) is 18.9 Å². The Hall–Kier alpha value is -2.22. The van der Waals surface area contributed by atoms with Crippen molar-refractivity contribution in [1.82, 2.24) is 10.2 Å². The second-order valence-electron chi connectivity index (χ2n) is 8.47. The van der Waals surface area contributed by atoms with Crippen LogP contribution in [0.2, 0.25) is 0 Å². The minimum atomic E-state index is -0.766. The number of nitrogens with zero attached hydrogens (tertiary/aromatic N) is 1. The Bertz CT molecular complexity index is 836. The van der Waals surface area contributed by atoms with Crippen molar-refractivity contribution in [2.75, 3.05) is 25.2 Å². The normalized spacial score (nSPS) is 24.5. The zero-order chi connectivity index (χ0) is 22.0. The van der Waals surface area contributed by atoms with Crippen molar-refractivity contribution in [3.05, 3.63) is 23.8 Å². The van der Waals surface area contributed by atoms with Gasteiger partial charge < -0.3 is 14.8 Å². The lowest BCUT2D eigenvalue weighted by Gasteiger charge is -2.28. The predicted molar refractivity (Wildman–Crippen MR) is 118 cm³/mol. The number of hydrogen-bond donors (Lipinski definition) is 1. The van der Waals surface area contributed by atoms with Crippen molar-refractivity contribution in [3.8, 4) is 11.5 Å². The lowest BCUT2D eigenvalue weighted by atomic mass is 9.81. The van der Waals surface area contributed by atoms with E-state index in [1.165, 1.54) is 4.90 Å². The smallest absolute Gasteiger partial charge is 0.243 e. The number of ether oxygens (including phenoxy) is 2. The van der Waals surface area contributed by atoms with E-state index in [2.05, 4.69) is 5.32 Å². The second kappa shape index (κ2) is 9.51. The summed E-state index contributed by atoms with van der Waals surface area (Å²) in [5.74, 6) is 0.952. The molecule has 1 aromatic carbocycles. The molecule has 1 aromatic rings. The van der Waals surface area contributed by atoms with E-state index in [-0.39, 0.29) is 35.6 Å². The van der Waals surface area contributed by atoms with Crippen LogP contribution in [0.15, 0.2) is 18.2 Å². The molecule has 3 amide bonds. The van der Waals surface area contributed by atoms with E-state index in [9.17, 15) is 14.4 Å². The molecule has 1 saturated carbocycles. The molecule has 4 unspecified atom stereocenters. The molecular formula is C23H30N2O5S. The van der Waals surface area contributed by atoms with E-state index < -0.39 is 6.04 Å². The van der Waals surface area contributed by atoms with Crippen LogP contribution in [-0.2, 0) is 14.4 Å². The van der Waals surface area contributed by atoms with Crippen molar-refractivity contribution in [1.29, 1.82) is 0 Å². The van der Waals surface area contributed by atoms with Gasteiger partial charge in [0.15, 0.2) is 11.5 Å². The summed E-state index contributed by atoms with van der Waals surface area (Å²) in [5, 5.41) is 3.02. The minimum Gasteiger partial charge on any atom is -0.486 e. The van der Waals surface area contributed by atoms with Gasteiger partial charge in [0, 0.05) is 0 Å². The highest BCUT2D eigenvalue weighted by atomic mass is 32.2. The first-order valence-electron chi connectivity index (χ1n) is 11.1. The molecule has 0 bridgehead atoms. The van der Waals surface area contributed by atoms with E-state index in [0.717, 1.165) is 31.2 Å². The molecular weight excluding hydrogens is 416 g/mol. The molecule has 2 fully saturated rings. The molecule has 1 saturated heterocycles. The third-order valence-corrected chi connectivity index (χ3v) is 7.15. The number of amides is 3. The summed E-state index contributed by atoms with van der Waals surface area (Å²) in [7, 11) is 0. The fourth-order valence-corrected chi connectivity index (χ4v) is 5.28. The molecule has 0 radical (unpaired) electrons. The van der Waals surface area contributed by atoms with Gasteiger partial charge in [0.2, 0.25) is 17.7 Å². The third-order valence-electron chi connectivity index (χ3n) is 6.51. The first-order chi connectivity index (χ1) is 15.0. The zero-order valence-corrected chi connectivity index (χ0v) is 18.9. The first kappa shape index (κ1) is 22.0. The molecule has 1 aliphatic carbocycles. The Balaban J connectivity index is 1.50. The summed E-state index contributed by atoms with van der Waals surface area (Å²) >= 11 is 1.61. The van der Waals surface area contributed by atoms with Crippen molar-refractivity contribution >= 4 is 29.5 Å². The number of imide groups is 1. The fraction of sp³-hybridized carbons (Fsp3) is 0.609. The molecule has 168 valence electrons. The van der Waals surface area contributed by atoms with Crippen LogP contribution in [0.5, 0.6) is 11.5 Å².